The summed E-state index contributed by atoms with van der Waals surface area (Å²) in [5.41, 5.74) is 1.21. The molecule has 1 fully saturated rings. The van der Waals surface area contributed by atoms with E-state index in [-0.39, 0.29) is 0 Å². The van der Waals surface area contributed by atoms with Crippen molar-refractivity contribution < 1.29 is 0 Å². The van der Waals surface area contributed by atoms with Gasteiger partial charge in [-0.3, -0.25) is 0 Å². The van der Waals surface area contributed by atoms with Crippen molar-refractivity contribution in [2.75, 3.05) is 38.5 Å². The molecule has 1 aliphatic rings. The van der Waals surface area contributed by atoms with Gasteiger partial charge in [0.25, 0.3) is 0 Å². The molecule has 1 aromatic carbocycles. The second-order valence-electron chi connectivity index (χ2n) is 4.49. The summed E-state index contributed by atoms with van der Waals surface area (Å²) in [5, 5.41) is 7.00. The fraction of sp³-hybridized carbons (Fsp3) is 0.538. The second-order valence-corrected chi connectivity index (χ2v) is 4.49. The Bertz CT molecular complexity index is 299. The fourth-order valence-corrected chi connectivity index (χ4v) is 2.13. The minimum absolute atomic E-state index is 0.634. The van der Waals surface area contributed by atoms with Gasteiger partial charge in [0.05, 0.1) is 0 Å². The van der Waals surface area contributed by atoms with Gasteiger partial charge in [-0.25, -0.2) is 0 Å². The highest BCUT2D eigenvalue weighted by molar-refractivity contribution is 5.42. The second kappa shape index (κ2) is 5.87. The minimum Gasteiger partial charge on any atom is -0.385 e. The monoisotopic (exact) mass is 219 g/mol. The van der Waals surface area contributed by atoms with Crippen LogP contribution in [0.4, 0.5) is 5.69 Å². The van der Waals surface area contributed by atoms with E-state index >= 15 is 0 Å². The maximum atomic E-state index is 3.55. The number of hydrogen-bond acceptors (Lipinski definition) is 3. The van der Waals surface area contributed by atoms with Gasteiger partial charge >= 0.3 is 0 Å². The van der Waals surface area contributed by atoms with E-state index in [9.17, 15) is 0 Å². The first-order chi connectivity index (χ1) is 7.84. The quantitative estimate of drug-likeness (QED) is 0.801. The average molecular weight is 219 g/mol. The van der Waals surface area contributed by atoms with Crippen LogP contribution < -0.4 is 10.6 Å². The summed E-state index contributed by atoms with van der Waals surface area (Å²) in [6.45, 7) is 4.49. The lowest BCUT2D eigenvalue weighted by Crippen LogP contribution is -2.49. The lowest BCUT2D eigenvalue weighted by Gasteiger charge is -2.31. The number of rotatable bonds is 4. The third kappa shape index (κ3) is 3.51. The molecule has 1 unspecified atom stereocenters. The Kier molecular flexibility index (Phi) is 4.19. The molecule has 2 rings (SSSR count). The van der Waals surface area contributed by atoms with Crippen molar-refractivity contribution >= 4 is 5.69 Å². The molecule has 0 spiro atoms. The minimum atomic E-state index is 0.634. The van der Waals surface area contributed by atoms with Crippen LogP contribution >= 0.6 is 0 Å². The summed E-state index contributed by atoms with van der Waals surface area (Å²) in [7, 11) is 2.19. The Balaban J connectivity index is 1.68. The van der Waals surface area contributed by atoms with E-state index in [2.05, 4.69) is 46.8 Å². The van der Waals surface area contributed by atoms with Crippen LogP contribution in [0.25, 0.3) is 0 Å². The summed E-state index contributed by atoms with van der Waals surface area (Å²) in [4.78, 5) is 2.39. The summed E-state index contributed by atoms with van der Waals surface area (Å²) in [5.74, 6) is 0. The summed E-state index contributed by atoms with van der Waals surface area (Å²) in [6.07, 6.45) is 1.18. The predicted octanol–water partition coefficient (Wildman–Crippen LogP) is 1.39. The lowest BCUT2D eigenvalue weighted by molar-refractivity contribution is 0.234. The van der Waals surface area contributed by atoms with Crippen molar-refractivity contribution in [2.45, 2.75) is 12.5 Å². The molecular formula is C13H21N3. The van der Waals surface area contributed by atoms with Crippen molar-refractivity contribution in [2.24, 2.45) is 0 Å². The van der Waals surface area contributed by atoms with Gasteiger partial charge in [-0.2, -0.15) is 0 Å². The Morgan fingerprint density at radius 1 is 1.38 bits per heavy atom. The zero-order valence-corrected chi connectivity index (χ0v) is 9.95. The van der Waals surface area contributed by atoms with E-state index in [1.807, 2.05) is 6.07 Å². The molecule has 0 bridgehead atoms. The number of hydrogen-bond donors (Lipinski definition) is 2. The molecule has 88 valence electrons. The maximum Gasteiger partial charge on any atom is 0.0340 e. The Labute approximate surface area is 97.8 Å². The van der Waals surface area contributed by atoms with Gasteiger partial charge in [0.15, 0.2) is 0 Å². The van der Waals surface area contributed by atoms with Crippen LogP contribution in [0.15, 0.2) is 30.3 Å². The molecule has 3 heteroatoms. The van der Waals surface area contributed by atoms with Crippen LogP contribution in [0.3, 0.4) is 0 Å². The van der Waals surface area contributed by atoms with Gasteiger partial charge in [0.2, 0.25) is 0 Å². The Morgan fingerprint density at radius 3 is 2.94 bits per heavy atom. The van der Waals surface area contributed by atoms with Gasteiger partial charge in [-0.15, -0.1) is 0 Å². The number of likely N-dealkylation sites (N-methyl/N-ethyl adjacent to an activating group) is 1. The molecule has 1 heterocycles. The standard InChI is InChI=1S/C13H21N3/c1-16-10-9-15-13(11-16)7-8-14-12-5-3-2-4-6-12/h2-6,13-15H,7-11H2,1H3. The molecule has 0 aliphatic carbocycles. The number of anilines is 1. The van der Waals surface area contributed by atoms with Crippen molar-refractivity contribution in [3.8, 4) is 0 Å². The molecule has 1 aromatic rings. The van der Waals surface area contributed by atoms with Crippen molar-refractivity contribution in [1.29, 1.82) is 0 Å². The SMILES string of the molecule is CN1CCNC(CCNc2ccccc2)C1. The molecule has 16 heavy (non-hydrogen) atoms. The summed E-state index contributed by atoms with van der Waals surface area (Å²) >= 11 is 0. The van der Waals surface area contributed by atoms with Crippen LogP contribution in [0.1, 0.15) is 6.42 Å². The van der Waals surface area contributed by atoms with E-state index in [0.29, 0.717) is 6.04 Å². The van der Waals surface area contributed by atoms with E-state index in [0.717, 1.165) is 19.6 Å². The number of para-hydroxylation sites is 1. The number of piperazine rings is 1. The van der Waals surface area contributed by atoms with Crippen molar-refractivity contribution in [3.05, 3.63) is 30.3 Å². The predicted molar refractivity (Wildman–Crippen MR) is 68.8 cm³/mol. The highest BCUT2D eigenvalue weighted by atomic mass is 15.2. The Hall–Kier alpha value is -1.06. The Morgan fingerprint density at radius 2 is 2.19 bits per heavy atom. The normalized spacial score (nSPS) is 21.9. The lowest BCUT2D eigenvalue weighted by atomic mass is 10.1. The fourth-order valence-electron chi connectivity index (χ4n) is 2.13. The molecule has 2 N–H and O–H groups in total. The molecule has 0 radical (unpaired) electrons. The topological polar surface area (TPSA) is 27.3 Å². The third-order valence-electron chi connectivity index (χ3n) is 3.05. The molecule has 0 saturated carbocycles. The molecule has 1 aliphatic heterocycles. The number of benzene rings is 1. The molecule has 0 amide bonds. The first kappa shape index (κ1) is 11.4. The molecule has 0 aromatic heterocycles. The number of nitrogens with one attached hydrogen (secondary N) is 2. The summed E-state index contributed by atoms with van der Waals surface area (Å²) < 4.78 is 0. The van der Waals surface area contributed by atoms with Gasteiger partial charge < -0.3 is 15.5 Å². The van der Waals surface area contributed by atoms with E-state index < -0.39 is 0 Å². The highest BCUT2D eigenvalue weighted by Crippen LogP contribution is 2.06. The molecular weight excluding hydrogens is 198 g/mol. The maximum absolute atomic E-state index is 3.55. The average Bonchev–Trinajstić information content (AvgIpc) is 2.30. The van der Waals surface area contributed by atoms with E-state index in [1.54, 1.807) is 0 Å². The highest BCUT2D eigenvalue weighted by Gasteiger charge is 2.15. The molecule has 3 nitrogen and oxygen atoms in total. The van der Waals surface area contributed by atoms with Crippen LogP contribution in [-0.2, 0) is 0 Å². The van der Waals surface area contributed by atoms with Gasteiger partial charge in [0.1, 0.15) is 0 Å². The summed E-state index contributed by atoms with van der Waals surface area (Å²) in [6, 6.07) is 11.0. The zero-order chi connectivity index (χ0) is 11.2. The van der Waals surface area contributed by atoms with Crippen molar-refractivity contribution in [3.63, 3.8) is 0 Å². The van der Waals surface area contributed by atoms with Crippen LogP contribution in [0.5, 0.6) is 0 Å². The molecule has 1 saturated heterocycles. The van der Waals surface area contributed by atoms with Gasteiger partial charge in [-0.05, 0) is 25.6 Å². The van der Waals surface area contributed by atoms with Crippen LogP contribution in [0, 0.1) is 0 Å². The first-order valence-electron chi connectivity index (χ1n) is 6.05. The third-order valence-corrected chi connectivity index (χ3v) is 3.05. The van der Waals surface area contributed by atoms with Crippen LogP contribution in [0.2, 0.25) is 0 Å². The van der Waals surface area contributed by atoms with Gasteiger partial charge in [-0.1, -0.05) is 18.2 Å². The zero-order valence-electron chi connectivity index (χ0n) is 9.95. The van der Waals surface area contributed by atoms with Crippen LogP contribution in [-0.4, -0.2) is 44.2 Å². The molecule has 1 atom stereocenters. The largest absolute Gasteiger partial charge is 0.385 e. The first-order valence-corrected chi connectivity index (χ1v) is 6.05. The number of nitrogens with zero attached hydrogens (tertiary/aromatic N) is 1. The van der Waals surface area contributed by atoms with Gasteiger partial charge in [0, 0.05) is 37.9 Å². The van der Waals surface area contributed by atoms with E-state index in [4.69, 9.17) is 0 Å². The van der Waals surface area contributed by atoms with E-state index in [1.165, 1.54) is 18.7 Å². The smallest absolute Gasteiger partial charge is 0.0340 e. The van der Waals surface area contributed by atoms with Crippen molar-refractivity contribution in [1.82, 2.24) is 10.2 Å².